The first-order valence-corrected chi connectivity index (χ1v) is 8.46. The molecule has 0 aliphatic carbocycles. The topological polar surface area (TPSA) is 56.1 Å². The first kappa shape index (κ1) is 18.3. The summed E-state index contributed by atoms with van der Waals surface area (Å²) in [5.74, 6) is -0.362. The zero-order valence-electron chi connectivity index (χ0n) is 14.7. The number of carbonyl (C=O) groups excluding carboxylic acids is 1. The van der Waals surface area contributed by atoms with Crippen LogP contribution in [0.5, 0.6) is 0 Å². The Labute approximate surface area is 149 Å². The van der Waals surface area contributed by atoms with Gasteiger partial charge in [-0.2, -0.15) is 5.26 Å². The summed E-state index contributed by atoms with van der Waals surface area (Å²) in [5.41, 5.74) is 3.07. The number of nitrogens with one attached hydrogen (secondary N) is 1. The van der Waals surface area contributed by atoms with Crippen LogP contribution in [0.3, 0.4) is 0 Å². The van der Waals surface area contributed by atoms with Crippen LogP contribution in [-0.4, -0.2) is 19.0 Å². The minimum Gasteiger partial charge on any atom is -0.372 e. The molecule has 4 nitrogen and oxygen atoms in total. The van der Waals surface area contributed by atoms with E-state index in [0.717, 1.165) is 29.9 Å². The molecule has 0 bridgehead atoms. The largest absolute Gasteiger partial charge is 0.372 e. The lowest BCUT2D eigenvalue weighted by Crippen LogP contribution is -2.23. The van der Waals surface area contributed by atoms with E-state index >= 15 is 0 Å². The van der Waals surface area contributed by atoms with E-state index in [0.29, 0.717) is 6.54 Å². The Balaban J connectivity index is 2.06. The lowest BCUT2D eigenvalue weighted by atomic mass is 10.1. The quantitative estimate of drug-likeness (QED) is 0.620. The van der Waals surface area contributed by atoms with Crippen molar-refractivity contribution in [2.24, 2.45) is 0 Å². The summed E-state index contributed by atoms with van der Waals surface area (Å²) in [5, 5.41) is 12.1. The third-order valence-corrected chi connectivity index (χ3v) is 3.99. The van der Waals surface area contributed by atoms with Gasteiger partial charge in [-0.05, 0) is 43.2 Å². The number of carbonyl (C=O) groups is 1. The van der Waals surface area contributed by atoms with Gasteiger partial charge in [0.25, 0.3) is 5.91 Å². The van der Waals surface area contributed by atoms with Crippen LogP contribution in [-0.2, 0) is 11.3 Å². The van der Waals surface area contributed by atoms with E-state index in [2.05, 4.69) is 24.1 Å². The van der Waals surface area contributed by atoms with E-state index in [-0.39, 0.29) is 11.5 Å². The average Bonchev–Trinajstić information content (AvgIpc) is 2.67. The number of anilines is 1. The van der Waals surface area contributed by atoms with Gasteiger partial charge in [0.05, 0.1) is 0 Å². The van der Waals surface area contributed by atoms with Gasteiger partial charge in [-0.1, -0.05) is 42.5 Å². The highest BCUT2D eigenvalue weighted by Gasteiger charge is 2.09. The van der Waals surface area contributed by atoms with Crippen molar-refractivity contribution in [2.45, 2.75) is 20.4 Å². The number of amides is 1. The van der Waals surface area contributed by atoms with Gasteiger partial charge in [0.2, 0.25) is 0 Å². The molecule has 0 aromatic heterocycles. The first-order chi connectivity index (χ1) is 12.2. The maximum atomic E-state index is 12.2. The number of nitriles is 1. The molecule has 2 rings (SSSR count). The van der Waals surface area contributed by atoms with Gasteiger partial charge in [0, 0.05) is 25.3 Å². The molecule has 0 saturated carbocycles. The molecule has 4 heteroatoms. The highest BCUT2D eigenvalue weighted by molar-refractivity contribution is 6.01. The molecule has 0 unspecified atom stereocenters. The number of hydrogen-bond donors (Lipinski definition) is 1. The van der Waals surface area contributed by atoms with Gasteiger partial charge in [0.15, 0.2) is 0 Å². The Kier molecular flexibility index (Phi) is 6.79. The van der Waals surface area contributed by atoms with Crippen LogP contribution in [0.1, 0.15) is 25.0 Å². The second kappa shape index (κ2) is 9.29. The molecule has 0 saturated heterocycles. The standard InChI is InChI=1S/C21H23N3O/c1-3-24(4-2)20-12-10-17(11-13-20)14-19(15-22)21(25)23-16-18-8-6-5-7-9-18/h5-14H,3-4,16H2,1-2H3,(H,23,25)/b19-14+. The summed E-state index contributed by atoms with van der Waals surface area (Å²) in [7, 11) is 0. The van der Waals surface area contributed by atoms with Crippen LogP contribution in [0.4, 0.5) is 5.69 Å². The van der Waals surface area contributed by atoms with Crippen molar-refractivity contribution in [1.82, 2.24) is 5.32 Å². The second-order valence-corrected chi connectivity index (χ2v) is 5.60. The summed E-state index contributed by atoms with van der Waals surface area (Å²) >= 11 is 0. The van der Waals surface area contributed by atoms with Gasteiger partial charge in [-0.3, -0.25) is 4.79 Å². The smallest absolute Gasteiger partial charge is 0.262 e. The van der Waals surface area contributed by atoms with E-state index in [9.17, 15) is 10.1 Å². The zero-order chi connectivity index (χ0) is 18.1. The van der Waals surface area contributed by atoms with E-state index in [1.54, 1.807) is 6.08 Å². The van der Waals surface area contributed by atoms with Crippen LogP contribution in [0.15, 0.2) is 60.2 Å². The molecular weight excluding hydrogens is 310 g/mol. The summed E-state index contributed by atoms with van der Waals surface area (Å²) in [6, 6.07) is 19.5. The van der Waals surface area contributed by atoms with E-state index in [4.69, 9.17) is 0 Å². The molecule has 0 spiro atoms. The summed E-state index contributed by atoms with van der Waals surface area (Å²) in [4.78, 5) is 14.5. The molecular formula is C21H23N3O. The molecule has 1 N–H and O–H groups in total. The molecule has 2 aromatic carbocycles. The van der Waals surface area contributed by atoms with Gasteiger partial charge in [0.1, 0.15) is 11.6 Å². The molecule has 0 fully saturated rings. The van der Waals surface area contributed by atoms with Crippen LogP contribution in [0.2, 0.25) is 0 Å². The molecule has 0 atom stereocenters. The molecule has 128 valence electrons. The summed E-state index contributed by atoms with van der Waals surface area (Å²) in [6.45, 7) is 6.51. The van der Waals surface area contributed by atoms with Crippen molar-refractivity contribution in [3.05, 3.63) is 71.3 Å². The van der Waals surface area contributed by atoms with Crippen LogP contribution < -0.4 is 10.2 Å². The van der Waals surface area contributed by atoms with Crippen LogP contribution >= 0.6 is 0 Å². The zero-order valence-corrected chi connectivity index (χ0v) is 14.7. The van der Waals surface area contributed by atoms with Crippen molar-refractivity contribution in [1.29, 1.82) is 5.26 Å². The Morgan fingerprint density at radius 3 is 2.28 bits per heavy atom. The predicted octanol–water partition coefficient (Wildman–Crippen LogP) is 3.76. The number of hydrogen-bond acceptors (Lipinski definition) is 3. The normalized spacial score (nSPS) is 10.8. The average molecular weight is 333 g/mol. The van der Waals surface area contributed by atoms with E-state index < -0.39 is 0 Å². The Bertz CT molecular complexity index is 754. The van der Waals surface area contributed by atoms with Crippen molar-refractivity contribution < 1.29 is 4.79 Å². The Morgan fingerprint density at radius 1 is 1.08 bits per heavy atom. The van der Waals surface area contributed by atoms with E-state index in [1.807, 2.05) is 60.7 Å². The Hall–Kier alpha value is -3.06. The SMILES string of the molecule is CCN(CC)c1ccc(/C=C(\C#N)C(=O)NCc2ccccc2)cc1. The number of nitrogens with zero attached hydrogens (tertiary/aromatic N) is 2. The molecule has 2 aromatic rings. The lowest BCUT2D eigenvalue weighted by molar-refractivity contribution is -0.117. The van der Waals surface area contributed by atoms with Crippen molar-refractivity contribution in [2.75, 3.05) is 18.0 Å². The fourth-order valence-corrected chi connectivity index (χ4v) is 2.56. The minimum absolute atomic E-state index is 0.103. The number of rotatable bonds is 7. The molecule has 0 aliphatic heterocycles. The van der Waals surface area contributed by atoms with Crippen LogP contribution in [0.25, 0.3) is 6.08 Å². The summed E-state index contributed by atoms with van der Waals surface area (Å²) in [6.07, 6.45) is 1.62. The van der Waals surface area contributed by atoms with Crippen molar-refractivity contribution in [3.63, 3.8) is 0 Å². The van der Waals surface area contributed by atoms with E-state index in [1.165, 1.54) is 0 Å². The maximum absolute atomic E-state index is 12.2. The highest BCUT2D eigenvalue weighted by atomic mass is 16.1. The predicted molar refractivity (Wildman–Crippen MR) is 102 cm³/mol. The molecule has 0 heterocycles. The fourth-order valence-electron chi connectivity index (χ4n) is 2.56. The van der Waals surface area contributed by atoms with Gasteiger partial charge in [-0.15, -0.1) is 0 Å². The minimum atomic E-state index is -0.362. The lowest BCUT2D eigenvalue weighted by Gasteiger charge is -2.20. The van der Waals surface area contributed by atoms with Gasteiger partial charge < -0.3 is 10.2 Å². The summed E-state index contributed by atoms with van der Waals surface area (Å²) < 4.78 is 0. The molecule has 1 amide bonds. The molecule has 25 heavy (non-hydrogen) atoms. The Morgan fingerprint density at radius 2 is 1.72 bits per heavy atom. The second-order valence-electron chi connectivity index (χ2n) is 5.60. The first-order valence-electron chi connectivity index (χ1n) is 8.46. The van der Waals surface area contributed by atoms with Crippen LogP contribution in [0, 0.1) is 11.3 Å². The van der Waals surface area contributed by atoms with Gasteiger partial charge in [-0.25, -0.2) is 0 Å². The third-order valence-electron chi connectivity index (χ3n) is 3.99. The molecule has 0 aliphatic rings. The van der Waals surface area contributed by atoms with Gasteiger partial charge >= 0.3 is 0 Å². The molecule has 0 radical (unpaired) electrons. The monoisotopic (exact) mass is 333 g/mol. The van der Waals surface area contributed by atoms with Crippen molar-refractivity contribution >= 4 is 17.7 Å². The van der Waals surface area contributed by atoms with Crippen molar-refractivity contribution in [3.8, 4) is 6.07 Å². The highest BCUT2D eigenvalue weighted by Crippen LogP contribution is 2.16. The number of benzene rings is 2. The fraction of sp³-hybridized carbons (Fsp3) is 0.238. The third kappa shape index (κ3) is 5.22. The maximum Gasteiger partial charge on any atom is 0.262 e.